The molecule has 0 N–H and O–H groups in total. The van der Waals surface area contributed by atoms with E-state index in [2.05, 4.69) is 6.92 Å². The van der Waals surface area contributed by atoms with Crippen molar-refractivity contribution in [1.82, 2.24) is 9.80 Å². The largest absolute Gasteiger partial charge is 0.454 e. The van der Waals surface area contributed by atoms with Crippen molar-refractivity contribution in [3.8, 4) is 0 Å². The number of fused-ring (bicyclic) bond motifs is 1. The van der Waals surface area contributed by atoms with E-state index >= 15 is 0 Å². The molecule has 3 saturated heterocycles. The van der Waals surface area contributed by atoms with Crippen LogP contribution in [-0.4, -0.2) is 58.6 Å². The van der Waals surface area contributed by atoms with Crippen LogP contribution in [0.2, 0.25) is 0 Å². The number of ether oxygens (including phenoxy) is 1. The third-order valence-corrected chi connectivity index (χ3v) is 7.98. The Balaban J connectivity index is 1.43. The van der Waals surface area contributed by atoms with Crippen molar-refractivity contribution in [1.29, 1.82) is 0 Å². The summed E-state index contributed by atoms with van der Waals surface area (Å²) >= 11 is 1.63. The lowest BCUT2D eigenvalue weighted by atomic mass is 10.00. The van der Waals surface area contributed by atoms with E-state index in [4.69, 9.17) is 4.74 Å². The third kappa shape index (κ3) is 3.65. The molecule has 0 aliphatic carbocycles. The summed E-state index contributed by atoms with van der Waals surface area (Å²) in [5, 5.41) is 0. The Kier molecular flexibility index (Phi) is 5.86. The first-order chi connectivity index (χ1) is 14.1. The van der Waals surface area contributed by atoms with E-state index in [1.807, 2.05) is 35.2 Å². The maximum Gasteiger partial charge on any atom is 0.330 e. The predicted molar refractivity (Wildman–Crippen MR) is 111 cm³/mol. The van der Waals surface area contributed by atoms with E-state index < -0.39 is 16.9 Å². The fourth-order valence-corrected chi connectivity index (χ4v) is 6.52. The van der Waals surface area contributed by atoms with Crippen molar-refractivity contribution >= 4 is 29.5 Å². The number of hydrogen-bond acceptors (Lipinski definition) is 5. The van der Waals surface area contributed by atoms with Crippen LogP contribution in [-0.2, 0) is 24.0 Å². The lowest BCUT2D eigenvalue weighted by molar-refractivity contribution is -0.159. The fraction of sp³-hybridized carbons (Fsp3) is 0.591. The maximum atomic E-state index is 12.8. The number of carbonyl (C=O) groups excluding carboxylic acids is 3. The summed E-state index contributed by atoms with van der Waals surface area (Å²) in [6, 6.07) is 9.49. The van der Waals surface area contributed by atoms with Crippen LogP contribution in [0.15, 0.2) is 30.3 Å². The van der Waals surface area contributed by atoms with Gasteiger partial charge in [-0.15, -0.1) is 11.8 Å². The summed E-state index contributed by atoms with van der Waals surface area (Å²) in [5.41, 5.74) is 1.04. The molecule has 3 aliphatic rings. The number of nitrogens with zero attached hydrogens (tertiary/aromatic N) is 2. The minimum Gasteiger partial charge on any atom is -0.454 e. The van der Waals surface area contributed by atoms with Crippen LogP contribution in [0.4, 0.5) is 0 Å². The van der Waals surface area contributed by atoms with E-state index in [1.165, 1.54) is 0 Å². The number of carbonyl (C=O) groups is 3. The zero-order valence-corrected chi connectivity index (χ0v) is 17.7. The van der Waals surface area contributed by atoms with Crippen LogP contribution in [0, 0.1) is 0 Å². The highest BCUT2D eigenvalue weighted by Crippen LogP contribution is 2.54. The van der Waals surface area contributed by atoms with E-state index in [9.17, 15) is 14.4 Å². The van der Waals surface area contributed by atoms with Gasteiger partial charge >= 0.3 is 5.97 Å². The molecular formula is C22H28N2O4S. The zero-order valence-electron chi connectivity index (χ0n) is 16.8. The second-order valence-electron chi connectivity index (χ2n) is 7.99. The van der Waals surface area contributed by atoms with Crippen LogP contribution in [0.5, 0.6) is 0 Å². The van der Waals surface area contributed by atoms with Crippen LogP contribution < -0.4 is 0 Å². The highest BCUT2D eigenvalue weighted by molar-refractivity contribution is 8.00. The van der Waals surface area contributed by atoms with Gasteiger partial charge in [0.1, 0.15) is 10.9 Å². The van der Waals surface area contributed by atoms with Gasteiger partial charge in [0, 0.05) is 24.8 Å². The normalized spacial score (nSPS) is 29.1. The summed E-state index contributed by atoms with van der Waals surface area (Å²) in [5.74, 6) is -0.120. The average Bonchev–Trinajstić information content (AvgIpc) is 3.31. The second-order valence-corrected chi connectivity index (χ2v) is 9.29. The molecule has 29 heavy (non-hydrogen) atoms. The van der Waals surface area contributed by atoms with E-state index in [1.54, 1.807) is 16.7 Å². The summed E-state index contributed by atoms with van der Waals surface area (Å²) < 4.78 is 5.43. The van der Waals surface area contributed by atoms with Gasteiger partial charge in [0.05, 0.1) is 0 Å². The first-order valence-electron chi connectivity index (χ1n) is 10.5. The SMILES string of the molecule is CC[C@@H]1CCCCN1C(=O)COC(=O)[C@H]1CS[C@@]2(c3ccccc3)CCC(=O)N12. The van der Waals surface area contributed by atoms with Gasteiger partial charge in [-0.05, 0) is 37.7 Å². The molecule has 6 nitrogen and oxygen atoms in total. The predicted octanol–water partition coefficient (Wildman–Crippen LogP) is 2.91. The van der Waals surface area contributed by atoms with Gasteiger partial charge in [0.2, 0.25) is 5.91 Å². The molecule has 3 fully saturated rings. The molecule has 0 bridgehead atoms. The minimum atomic E-state index is -0.633. The van der Waals surface area contributed by atoms with Crippen molar-refractivity contribution in [3.63, 3.8) is 0 Å². The molecule has 3 atom stereocenters. The quantitative estimate of drug-likeness (QED) is 0.691. The van der Waals surface area contributed by atoms with Crippen molar-refractivity contribution < 1.29 is 19.1 Å². The van der Waals surface area contributed by atoms with Crippen LogP contribution >= 0.6 is 11.8 Å². The molecule has 1 aromatic rings. The Morgan fingerprint density at radius 1 is 1.24 bits per heavy atom. The fourth-order valence-electron chi connectivity index (χ4n) is 4.88. The standard InChI is InChI=1S/C22H28N2O4S/c1-2-17-10-6-7-13-23(17)20(26)14-28-21(27)18-15-29-22(12-11-19(25)24(18)22)16-8-4-3-5-9-16/h3-5,8-9,17-18H,2,6-7,10-15H2,1H3/t17-,18-,22-/m1/s1. The summed E-state index contributed by atoms with van der Waals surface area (Å²) in [6.07, 6.45) is 5.18. The highest BCUT2D eigenvalue weighted by Gasteiger charge is 2.57. The molecule has 0 saturated carbocycles. The first kappa shape index (κ1) is 20.3. The maximum absolute atomic E-state index is 12.8. The third-order valence-electron chi connectivity index (χ3n) is 6.38. The Morgan fingerprint density at radius 3 is 2.79 bits per heavy atom. The van der Waals surface area contributed by atoms with Crippen molar-refractivity contribution in [2.45, 2.75) is 62.4 Å². The van der Waals surface area contributed by atoms with E-state index in [0.29, 0.717) is 18.6 Å². The molecule has 3 heterocycles. The molecule has 0 aromatic heterocycles. The van der Waals surface area contributed by atoms with Gasteiger partial charge in [0.25, 0.3) is 5.91 Å². The summed E-state index contributed by atoms with van der Waals surface area (Å²) in [4.78, 5) is 41.2. The molecule has 0 unspecified atom stereocenters. The number of amides is 2. The molecular weight excluding hydrogens is 388 g/mol. The molecule has 4 rings (SSSR count). The second kappa shape index (κ2) is 8.38. The zero-order chi connectivity index (χ0) is 20.4. The van der Waals surface area contributed by atoms with Crippen LogP contribution in [0.3, 0.4) is 0 Å². The Morgan fingerprint density at radius 2 is 2.03 bits per heavy atom. The van der Waals surface area contributed by atoms with E-state index in [0.717, 1.165) is 37.8 Å². The number of thioether (sulfide) groups is 1. The van der Waals surface area contributed by atoms with Crippen molar-refractivity contribution in [2.75, 3.05) is 18.9 Å². The molecule has 0 spiro atoms. The number of piperidine rings is 1. The molecule has 3 aliphatic heterocycles. The lowest BCUT2D eigenvalue weighted by Gasteiger charge is -2.35. The van der Waals surface area contributed by atoms with Crippen LogP contribution in [0.1, 0.15) is 51.0 Å². The molecule has 156 valence electrons. The molecule has 2 amide bonds. The Bertz CT molecular complexity index is 786. The van der Waals surface area contributed by atoms with Gasteiger partial charge in [-0.25, -0.2) is 4.79 Å². The van der Waals surface area contributed by atoms with Gasteiger partial charge in [-0.1, -0.05) is 37.3 Å². The van der Waals surface area contributed by atoms with Crippen molar-refractivity contribution in [3.05, 3.63) is 35.9 Å². The molecule has 1 aromatic carbocycles. The summed E-state index contributed by atoms with van der Waals surface area (Å²) in [6.45, 7) is 2.58. The number of likely N-dealkylation sites (tertiary alicyclic amines) is 1. The van der Waals surface area contributed by atoms with Crippen molar-refractivity contribution in [2.24, 2.45) is 0 Å². The molecule has 7 heteroatoms. The van der Waals surface area contributed by atoms with Gasteiger partial charge in [-0.3, -0.25) is 9.59 Å². The number of hydrogen-bond donors (Lipinski definition) is 0. The summed E-state index contributed by atoms with van der Waals surface area (Å²) in [7, 11) is 0. The van der Waals surface area contributed by atoms with Gasteiger partial charge in [-0.2, -0.15) is 0 Å². The monoisotopic (exact) mass is 416 g/mol. The van der Waals surface area contributed by atoms with Gasteiger partial charge < -0.3 is 14.5 Å². The van der Waals surface area contributed by atoms with Gasteiger partial charge in [0.15, 0.2) is 6.61 Å². The number of benzene rings is 1. The topological polar surface area (TPSA) is 66.9 Å². The molecule has 0 radical (unpaired) electrons. The van der Waals surface area contributed by atoms with E-state index in [-0.39, 0.29) is 24.5 Å². The smallest absolute Gasteiger partial charge is 0.330 e. The average molecular weight is 417 g/mol. The number of esters is 1. The highest BCUT2D eigenvalue weighted by atomic mass is 32.2. The lowest BCUT2D eigenvalue weighted by Crippen LogP contribution is -2.48. The Labute approximate surface area is 175 Å². The minimum absolute atomic E-state index is 0.0193. The van der Waals surface area contributed by atoms with Crippen LogP contribution in [0.25, 0.3) is 0 Å². The Hall–Kier alpha value is -2.02. The first-order valence-corrected chi connectivity index (χ1v) is 11.5. The number of rotatable bonds is 5.